The fourth-order valence-corrected chi connectivity index (χ4v) is 4.27. The molecule has 6 nitrogen and oxygen atoms in total. The van der Waals surface area contributed by atoms with Crippen LogP contribution in [0.5, 0.6) is 0 Å². The number of carboxylic acid groups (broad SMARTS) is 3. The molecule has 0 aliphatic heterocycles. The van der Waals surface area contributed by atoms with E-state index in [0.717, 1.165) is 16.2 Å². The number of carboxylic acids is 3. The van der Waals surface area contributed by atoms with Gasteiger partial charge in [-0.3, -0.25) is 14.4 Å². The lowest BCUT2D eigenvalue weighted by Crippen LogP contribution is -2.36. The Morgan fingerprint density at radius 3 is 2.11 bits per heavy atom. The van der Waals surface area contributed by atoms with E-state index < -0.39 is 35.7 Å². The van der Waals surface area contributed by atoms with Crippen LogP contribution in [0.4, 0.5) is 0 Å². The third-order valence-corrected chi connectivity index (χ3v) is 5.46. The molecule has 0 radical (unpaired) electrons. The van der Waals surface area contributed by atoms with Gasteiger partial charge >= 0.3 is 17.9 Å². The molecule has 27 heavy (non-hydrogen) atoms. The number of benzene rings is 3. The lowest BCUT2D eigenvalue weighted by molar-refractivity contribution is -0.152. The second-order valence-electron chi connectivity index (χ2n) is 6.84. The van der Waals surface area contributed by atoms with Gasteiger partial charge < -0.3 is 15.3 Å². The van der Waals surface area contributed by atoms with Crippen LogP contribution in [0.15, 0.2) is 48.5 Å². The molecule has 0 aromatic heterocycles. The predicted molar refractivity (Wildman–Crippen MR) is 98.0 cm³/mol. The second kappa shape index (κ2) is 6.09. The molecule has 6 heteroatoms. The number of hydrogen-bond donors (Lipinski definition) is 3. The van der Waals surface area contributed by atoms with E-state index in [9.17, 15) is 29.7 Å². The second-order valence-corrected chi connectivity index (χ2v) is 6.84. The molecule has 3 aromatic rings. The van der Waals surface area contributed by atoms with Crippen LogP contribution >= 0.6 is 0 Å². The molecule has 0 heterocycles. The van der Waals surface area contributed by atoms with Crippen LogP contribution in [0.1, 0.15) is 29.4 Å². The van der Waals surface area contributed by atoms with Crippen molar-refractivity contribution < 1.29 is 29.7 Å². The average molecular weight is 364 g/mol. The van der Waals surface area contributed by atoms with Crippen molar-refractivity contribution in [1.82, 2.24) is 0 Å². The molecule has 1 aliphatic carbocycles. The van der Waals surface area contributed by atoms with Crippen LogP contribution in [-0.4, -0.2) is 33.2 Å². The molecule has 3 unspecified atom stereocenters. The average Bonchev–Trinajstić information content (AvgIpc) is 2.65. The van der Waals surface area contributed by atoms with Crippen LogP contribution in [0.3, 0.4) is 0 Å². The zero-order valence-corrected chi connectivity index (χ0v) is 14.1. The smallest absolute Gasteiger partial charge is 0.311 e. The molecular formula is C21H16O6. The van der Waals surface area contributed by atoms with Crippen molar-refractivity contribution in [3.63, 3.8) is 0 Å². The lowest BCUT2D eigenvalue weighted by Gasteiger charge is -2.33. The molecule has 0 bridgehead atoms. The first kappa shape index (κ1) is 17.0. The zero-order chi connectivity index (χ0) is 19.3. The standard InChI is InChI=1S/C21H16O6/c22-19(23)15-9-16(20(24)25)18(21(26)27)17-13-6-5-10-3-1-2-4-11(10)12(13)7-8-14(15)17/h1-8,15-16,18H,9H2,(H,22,23)(H,24,25)(H,26,27). The minimum absolute atomic E-state index is 0.242. The van der Waals surface area contributed by atoms with E-state index in [1.807, 2.05) is 30.3 Å². The van der Waals surface area contributed by atoms with Crippen LogP contribution < -0.4 is 0 Å². The van der Waals surface area contributed by atoms with E-state index >= 15 is 0 Å². The highest BCUT2D eigenvalue weighted by Gasteiger charge is 2.46. The predicted octanol–water partition coefficient (Wildman–Crippen LogP) is 3.43. The Bertz CT molecular complexity index is 1120. The van der Waals surface area contributed by atoms with Crippen molar-refractivity contribution in [2.75, 3.05) is 0 Å². The monoisotopic (exact) mass is 364 g/mol. The number of hydrogen-bond acceptors (Lipinski definition) is 3. The topological polar surface area (TPSA) is 112 Å². The van der Waals surface area contributed by atoms with E-state index in [-0.39, 0.29) is 6.42 Å². The van der Waals surface area contributed by atoms with E-state index in [1.165, 1.54) is 0 Å². The summed E-state index contributed by atoms with van der Waals surface area (Å²) in [4.78, 5) is 35.5. The van der Waals surface area contributed by atoms with Crippen LogP contribution in [0.2, 0.25) is 0 Å². The highest BCUT2D eigenvalue weighted by atomic mass is 16.4. The summed E-state index contributed by atoms with van der Waals surface area (Å²) in [6, 6.07) is 14.6. The molecule has 0 fully saturated rings. The first-order valence-corrected chi connectivity index (χ1v) is 8.53. The molecule has 3 aromatic carbocycles. The normalized spacial score (nSPS) is 21.7. The summed E-state index contributed by atoms with van der Waals surface area (Å²) < 4.78 is 0. The number of aliphatic carboxylic acids is 3. The molecule has 3 atom stereocenters. The summed E-state index contributed by atoms with van der Waals surface area (Å²) in [7, 11) is 0. The first-order chi connectivity index (χ1) is 12.9. The fourth-order valence-electron chi connectivity index (χ4n) is 4.27. The summed E-state index contributed by atoms with van der Waals surface area (Å²) in [5, 5.41) is 32.2. The van der Waals surface area contributed by atoms with Gasteiger partial charge in [-0.15, -0.1) is 0 Å². The molecular weight excluding hydrogens is 348 g/mol. The molecule has 136 valence electrons. The van der Waals surface area contributed by atoms with Gasteiger partial charge in [0.25, 0.3) is 0 Å². The van der Waals surface area contributed by atoms with Crippen molar-refractivity contribution in [1.29, 1.82) is 0 Å². The number of carbonyl (C=O) groups is 3. The minimum atomic E-state index is -1.30. The Hall–Kier alpha value is -3.41. The summed E-state index contributed by atoms with van der Waals surface area (Å²) in [6.07, 6.45) is -0.242. The summed E-state index contributed by atoms with van der Waals surface area (Å²) in [5.41, 5.74) is 0.687. The highest BCUT2D eigenvalue weighted by molar-refractivity contribution is 6.10. The fraction of sp³-hybridized carbons (Fsp3) is 0.190. The van der Waals surface area contributed by atoms with Gasteiger partial charge in [-0.05, 0) is 39.1 Å². The Morgan fingerprint density at radius 1 is 0.741 bits per heavy atom. The SMILES string of the molecule is O=C(O)C1CC(C(=O)O)C(C(=O)O)c2c1ccc1c2ccc2ccccc21. The molecule has 0 amide bonds. The third kappa shape index (κ3) is 2.52. The molecule has 4 rings (SSSR count). The maximum atomic E-state index is 12.0. The number of rotatable bonds is 3. The van der Waals surface area contributed by atoms with Gasteiger partial charge in [-0.1, -0.05) is 48.5 Å². The largest absolute Gasteiger partial charge is 0.481 e. The van der Waals surface area contributed by atoms with Crippen LogP contribution in [0.25, 0.3) is 21.5 Å². The number of fused-ring (bicyclic) bond motifs is 5. The van der Waals surface area contributed by atoms with E-state index in [4.69, 9.17) is 0 Å². The molecule has 3 N–H and O–H groups in total. The quantitative estimate of drug-likeness (QED) is 0.614. The Labute approximate surface area is 153 Å². The van der Waals surface area contributed by atoms with E-state index in [0.29, 0.717) is 16.5 Å². The first-order valence-electron chi connectivity index (χ1n) is 8.53. The van der Waals surface area contributed by atoms with Gasteiger partial charge in [-0.2, -0.15) is 0 Å². The van der Waals surface area contributed by atoms with Crippen molar-refractivity contribution in [3.8, 4) is 0 Å². The van der Waals surface area contributed by atoms with E-state index in [2.05, 4.69) is 0 Å². The van der Waals surface area contributed by atoms with E-state index in [1.54, 1.807) is 18.2 Å². The summed E-state index contributed by atoms with van der Waals surface area (Å²) >= 11 is 0. The van der Waals surface area contributed by atoms with Gasteiger partial charge in [-0.25, -0.2) is 0 Å². The van der Waals surface area contributed by atoms with Crippen LogP contribution in [-0.2, 0) is 14.4 Å². The van der Waals surface area contributed by atoms with Crippen molar-refractivity contribution in [2.24, 2.45) is 5.92 Å². The van der Waals surface area contributed by atoms with Gasteiger partial charge in [0.05, 0.1) is 17.8 Å². The Morgan fingerprint density at radius 2 is 1.44 bits per heavy atom. The van der Waals surface area contributed by atoms with Crippen molar-refractivity contribution in [2.45, 2.75) is 18.3 Å². The zero-order valence-electron chi connectivity index (χ0n) is 14.1. The summed E-state index contributed by atoms with van der Waals surface area (Å²) in [6.45, 7) is 0. The third-order valence-electron chi connectivity index (χ3n) is 5.46. The van der Waals surface area contributed by atoms with Crippen molar-refractivity contribution >= 4 is 39.5 Å². The highest BCUT2D eigenvalue weighted by Crippen LogP contribution is 2.47. The Kier molecular flexibility index (Phi) is 3.84. The van der Waals surface area contributed by atoms with Gasteiger partial charge in [0.1, 0.15) is 0 Å². The van der Waals surface area contributed by atoms with Crippen molar-refractivity contribution in [3.05, 3.63) is 59.7 Å². The van der Waals surface area contributed by atoms with Gasteiger partial charge in [0.15, 0.2) is 0 Å². The Balaban J connectivity index is 2.12. The van der Waals surface area contributed by atoms with Gasteiger partial charge in [0.2, 0.25) is 0 Å². The molecule has 0 saturated carbocycles. The maximum Gasteiger partial charge on any atom is 0.311 e. The maximum absolute atomic E-state index is 12.0. The summed E-state index contributed by atoms with van der Waals surface area (Å²) in [5.74, 6) is -7.34. The minimum Gasteiger partial charge on any atom is -0.481 e. The van der Waals surface area contributed by atoms with Gasteiger partial charge in [0, 0.05) is 0 Å². The molecule has 0 spiro atoms. The molecule has 1 aliphatic rings. The molecule has 0 saturated heterocycles. The van der Waals surface area contributed by atoms with Crippen LogP contribution in [0, 0.1) is 5.92 Å². The lowest BCUT2D eigenvalue weighted by atomic mass is 9.68.